The van der Waals surface area contributed by atoms with E-state index in [4.69, 9.17) is 5.41 Å². The van der Waals surface area contributed by atoms with Crippen LogP contribution in [0, 0.1) is 5.41 Å². The van der Waals surface area contributed by atoms with E-state index in [1.807, 2.05) is 30.3 Å². The zero-order valence-corrected chi connectivity index (χ0v) is 8.93. The van der Waals surface area contributed by atoms with Crippen molar-refractivity contribution in [2.24, 2.45) is 0 Å². The first-order valence-corrected chi connectivity index (χ1v) is 5.24. The first-order chi connectivity index (χ1) is 7.84. The minimum absolute atomic E-state index is 0. The molecule has 0 saturated carbocycles. The van der Waals surface area contributed by atoms with Crippen LogP contribution >= 0.6 is 0 Å². The van der Waals surface area contributed by atoms with Crippen LogP contribution in [0.1, 0.15) is 12.7 Å². The molecule has 0 aromatic carbocycles. The van der Waals surface area contributed by atoms with Crippen molar-refractivity contribution in [1.82, 2.24) is 9.97 Å². The Morgan fingerprint density at radius 3 is 2.56 bits per heavy atom. The predicted molar refractivity (Wildman–Crippen MR) is 62.8 cm³/mol. The summed E-state index contributed by atoms with van der Waals surface area (Å²) < 4.78 is 0. The summed E-state index contributed by atoms with van der Waals surface area (Å²) >= 11 is 0. The van der Waals surface area contributed by atoms with Crippen LogP contribution in [-0.4, -0.2) is 9.97 Å². The number of nitrogens with one attached hydrogen (secondary N) is 1. The summed E-state index contributed by atoms with van der Waals surface area (Å²) in [6, 6.07) is 11.4. The molecule has 0 aliphatic carbocycles. The number of aryl methyl sites for hydroxylation is 2. The number of pyridine rings is 1. The van der Waals surface area contributed by atoms with E-state index in [2.05, 4.69) is 9.97 Å². The van der Waals surface area contributed by atoms with Crippen molar-refractivity contribution in [3.63, 3.8) is 0 Å². The quantitative estimate of drug-likeness (QED) is 0.844. The van der Waals surface area contributed by atoms with E-state index in [1.54, 1.807) is 18.5 Å². The molecule has 0 radical (unpaired) electrons. The van der Waals surface area contributed by atoms with Crippen LogP contribution in [0.5, 0.6) is 0 Å². The molecule has 0 aliphatic heterocycles. The Morgan fingerprint density at radius 1 is 1.00 bits per heavy atom. The Labute approximate surface area is 95.8 Å². The third-order valence-corrected chi connectivity index (χ3v) is 2.34. The molecule has 16 heavy (non-hydrogen) atoms. The van der Waals surface area contributed by atoms with Gasteiger partial charge >= 0.3 is 1.43 Å². The van der Waals surface area contributed by atoms with Crippen molar-refractivity contribution in [2.45, 2.75) is 12.8 Å². The van der Waals surface area contributed by atoms with Gasteiger partial charge in [-0.2, -0.15) is 0 Å². The zero-order chi connectivity index (χ0) is 11.2. The van der Waals surface area contributed by atoms with Crippen molar-refractivity contribution in [3.8, 4) is 0 Å². The fourth-order valence-electron chi connectivity index (χ4n) is 1.50. The van der Waals surface area contributed by atoms with E-state index in [0.29, 0.717) is 5.49 Å². The van der Waals surface area contributed by atoms with E-state index >= 15 is 0 Å². The molecule has 0 atom stereocenters. The first kappa shape index (κ1) is 10.5. The van der Waals surface area contributed by atoms with Crippen LogP contribution in [0.15, 0.2) is 48.8 Å². The summed E-state index contributed by atoms with van der Waals surface area (Å²) in [5, 5.41) is 7.52. The largest absolute Gasteiger partial charge is 1.00 e. The summed E-state index contributed by atoms with van der Waals surface area (Å²) in [6.07, 6.45) is 5.37. The molecular formula is C13H14N3+. The molecule has 0 unspecified atom stereocenters. The maximum Gasteiger partial charge on any atom is 1.00 e. The fourth-order valence-corrected chi connectivity index (χ4v) is 1.50. The average Bonchev–Trinajstić information content (AvgIpc) is 2.52. The molecule has 3 nitrogen and oxygen atoms in total. The summed E-state index contributed by atoms with van der Waals surface area (Å²) in [5.74, 6) is 0. The van der Waals surface area contributed by atoms with Gasteiger partial charge in [0.25, 0.3) is 0 Å². The molecule has 2 aromatic heterocycles. The van der Waals surface area contributed by atoms with Crippen LogP contribution in [0.4, 0.5) is 0 Å². The van der Waals surface area contributed by atoms with E-state index in [1.165, 1.54) is 5.56 Å². The molecule has 0 amide bonds. The van der Waals surface area contributed by atoms with Gasteiger partial charge in [-0.1, -0.05) is 12.1 Å². The summed E-state index contributed by atoms with van der Waals surface area (Å²) in [5.41, 5.74) is 2.51. The van der Waals surface area contributed by atoms with E-state index < -0.39 is 0 Å². The number of hydrogen-bond acceptors (Lipinski definition) is 3. The van der Waals surface area contributed by atoms with Crippen LogP contribution in [0.2, 0.25) is 0 Å². The molecule has 0 aliphatic rings. The van der Waals surface area contributed by atoms with E-state index in [0.717, 1.165) is 18.5 Å². The lowest BCUT2D eigenvalue weighted by molar-refractivity contribution is 0.896. The standard InChI is InChI=1S/C13H13N3/c14-13-4-2-1-3-12(16-13)6-5-11-7-9-15-10-8-11/h1-4,7-10,14H,5-6H2/p+1. The lowest BCUT2D eigenvalue weighted by Crippen LogP contribution is -2.03. The second kappa shape index (κ2) is 5.16. The van der Waals surface area contributed by atoms with E-state index in [-0.39, 0.29) is 1.43 Å². The second-order valence-electron chi connectivity index (χ2n) is 3.56. The van der Waals surface area contributed by atoms with Crippen LogP contribution < -0.4 is 5.49 Å². The minimum Gasteiger partial charge on any atom is -0.283 e. The van der Waals surface area contributed by atoms with Gasteiger partial charge in [0.2, 0.25) is 0 Å². The molecule has 0 bridgehead atoms. The average molecular weight is 212 g/mol. The highest BCUT2D eigenvalue weighted by Gasteiger charge is 1.95. The Kier molecular flexibility index (Phi) is 3.38. The highest BCUT2D eigenvalue weighted by Crippen LogP contribution is 2.02. The molecule has 2 heterocycles. The Hall–Kier alpha value is -2.03. The maximum atomic E-state index is 7.52. The SMILES string of the molecule is N=c1ccccc(CCc2ccncc2)n1.[H+]. The Balaban J connectivity index is 0.00000144. The summed E-state index contributed by atoms with van der Waals surface area (Å²) in [4.78, 5) is 8.18. The highest BCUT2D eigenvalue weighted by molar-refractivity contribution is 5.12. The van der Waals surface area contributed by atoms with Crippen molar-refractivity contribution in [2.75, 3.05) is 0 Å². The third-order valence-electron chi connectivity index (χ3n) is 2.34. The normalized spacial score (nSPS) is 10.0. The van der Waals surface area contributed by atoms with Gasteiger partial charge in [0, 0.05) is 18.1 Å². The molecular weight excluding hydrogens is 198 g/mol. The summed E-state index contributed by atoms with van der Waals surface area (Å²) in [6.45, 7) is 0. The molecule has 3 heteroatoms. The van der Waals surface area contributed by atoms with Gasteiger partial charge in [0.05, 0.1) is 0 Å². The van der Waals surface area contributed by atoms with E-state index in [9.17, 15) is 0 Å². The molecule has 0 fully saturated rings. The third kappa shape index (κ3) is 2.98. The van der Waals surface area contributed by atoms with Gasteiger partial charge in [0.1, 0.15) is 5.49 Å². The monoisotopic (exact) mass is 212 g/mol. The smallest absolute Gasteiger partial charge is 0.283 e. The van der Waals surface area contributed by atoms with Gasteiger partial charge in [0.15, 0.2) is 0 Å². The van der Waals surface area contributed by atoms with Crippen LogP contribution in [0.25, 0.3) is 0 Å². The van der Waals surface area contributed by atoms with Crippen molar-refractivity contribution in [3.05, 3.63) is 65.5 Å². The van der Waals surface area contributed by atoms with Gasteiger partial charge in [-0.3, -0.25) is 10.4 Å². The highest BCUT2D eigenvalue weighted by atomic mass is 14.7. The lowest BCUT2D eigenvalue weighted by atomic mass is 10.1. The van der Waals surface area contributed by atoms with Gasteiger partial charge < -0.3 is 0 Å². The van der Waals surface area contributed by atoms with Crippen molar-refractivity contribution in [1.29, 1.82) is 5.41 Å². The predicted octanol–water partition coefficient (Wildman–Crippen LogP) is 1.85. The van der Waals surface area contributed by atoms with Gasteiger partial charge in [-0.05, 0) is 42.7 Å². The van der Waals surface area contributed by atoms with Gasteiger partial charge in [-0.15, -0.1) is 0 Å². The number of aromatic nitrogens is 2. The molecule has 2 rings (SSSR count). The molecule has 1 N–H and O–H groups in total. The first-order valence-electron chi connectivity index (χ1n) is 5.24. The Morgan fingerprint density at radius 2 is 1.75 bits per heavy atom. The number of nitrogens with zero attached hydrogens (tertiary/aromatic N) is 2. The van der Waals surface area contributed by atoms with Crippen molar-refractivity contribution >= 4 is 0 Å². The molecule has 80 valence electrons. The van der Waals surface area contributed by atoms with Crippen LogP contribution in [0.3, 0.4) is 0 Å². The molecule has 0 saturated heterocycles. The fraction of sp³-hybridized carbons (Fsp3) is 0.154. The molecule has 0 spiro atoms. The second-order valence-corrected chi connectivity index (χ2v) is 3.56. The number of rotatable bonds is 3. The van der Waals surface area contributed by atoms with Crippen LogP contribution in [-0.2, 0) is 12.8 Å². The Bertz CT molecular complexity index is 514. The topological polar surface area (TPSA) is 49.6 Å². The minimum atomic E-state index is 0. The summed E-state index contributed by atoms with van der Waals surface area (Å²) in [7, 11) is 0. The van der Waals surface area contributed by atoms with Gasteiger partial charge in [-0.25, -0.2) is 4.98 Å². The molecule has 2 aromatic rings. The lowest BCUT2D eigenvalue weighted by Gasteiger charge is -1.98. The number of hydrogen-bond donors (Lipinski definition) is 1. The zero-order valence-electron chi connectivity index (χ0n) is 9.93. The van der Waals surface area contributed by atoms with Crippen molar-refractivity contribution < 1.29 is 1.43 Å². The maximum absolute atomic E-state index is 7.52.